The van der Waals surface area contributed by atoms with Gasteiger partial charge in [-0.3, -0.25) is 4.90 Å². The first kappa shape index (κ1) is 23.7. The van der Waals surface area contributed by atoms with Crippen molar-refractivity contribution in [3.05, 3.63) is 59.5 Å². The first-order valence-electron chi connectivity index (χ1n) is 10.0. The lowest BCUT2D eigenvalue weighted by Gasteiger charge is -2.35. The third-order valence-corrected chi connectivity index (χ3v) is 4.83. The Morgan fingerprint density at radius 3 is 2.47 bits per heavy atom. The van der Waals surface area contributed by atoms with Crippen molar-refractivity contribution in [2.75, 3.05) is 39.5 Å². The maximum atomic E-state index is 13.3. The number of halogens is 4. The highest BCUT2D eigenvalue weighted by Crippen LogP contribution is 2.22. The molecule has 0 radical (unpaired) electrons. The topological polar surface area (TPSA) is 75.7 Å². The number of carbonyl (C=O) groups excluding carboxylic acids is 1. The van der Waals surface area contributed by atoms with Crippen LogP contribution < -0.4 is 15.4 Å². The van der Waals surface area contributed by atoms with Gasteiger partial charge in [0.1, 0.15) is 5.82 Å². The number of benzene rings is 1. The maximum Gasteiger partial charge on any atom is 0.422 e. The molecular weight excluding hydrogens is 432 g/mol. The molecule has 1 aromatic carbocycles. The van der Waals surface area contributed by atoms with Crippen molar-refractivity contribution >= 4 is 6.03 Å². The highest BCUT2D eigenvalue weighted by atomic mass is 19.4. The van der Waals surface area contributed by atoms with Crippen LogP contribution in [0.2, 0.25) is 0 Å². The molecule has 0 aliphatic carbocycles. The predicted octanol–water partition coefficient (Wildman–Crippen LogP) is 3.03. The number of alkyl halides is 3. The van der Waals surface area contributed by atoms with Gasteiger partial charge in [0.05, 0.1) is 19.3 Å². The summed E-state index contributed by atoms with van der Waals surface area (Å²) in [7, 11) is 0. The summed E-state index contributed by atoms with van der Waals surface area (Å²) in [6.07, 6.45) is -3.10. The zero-order chi connectivity index (χ0) is 23.0. The quantitative estimate of drug-likeness (QED) is 0.598. The summed E-state index contributed by atoms with van der Waals surface area (Å²) in [6.45, 7) is 1.58. The lowest BCUT2D eigenvalue weighted by Crippen LogP contribution is -2.45. The van der Waals surface area contributed by atoms with Gasteiger partial charge in [0.2, 0.25) is 5.88 Å². The molecule has 1 aromatic heterocycles. The molecule has 2 amide bonds. The molecule has 3 rings (SSSR count). The summed E-state index contributed by atoms with van der Waals surface area (Å²) < 4.78 is 59.8. The fraction of sp³-hybridized carbons (Fsp3) is 0.429. The van der Waals surface area contributed by atoms with Crippen molar-refractivity contribution in [1.82, 2.24) is 20.5 Å². The van der Waals surface area contributed by atoms with Gasteiger partial charge in [0.25, 0.3) is 0 Å². The standard InChI is InChI=1S/C21H24F4N4O3/c22-17-4-2-16(3-5-17)18(29-7-9-31-10-8-29)13-28-20(30)27-12-15-1-6-19(26-11-15)32-14-21(23,24)25/h1-6,11,18H,7-10,12-14H2,(H2,27,28,30). The van der Waals surface area contributed by atoms with E-state index in [0.29, 0.717) is 38.4 Å². The van der Waals surface area contributed by atoms with Crippen LogP contribution in [0.5, 0.6) is 5.88 Å². The van der Waals surface area contributed by atoms with E-state index in [0.717, 1.165) is 5.56 Å². The Bertz CT molecular complexity index is 857. The van der Waals surface area contributed by atoms with Crippen LogP contribution in [0.15, 0.2) is 42.6 Å². The first-order valence-corrected chi connectivity index (χ1v) is 10.0. The molecule has 2 N–H and O–H groups in total. The molecule has 1 aliphatic heterocycles. The second-order valence-corrected chi connectivity index (χ2v) is 7.19. The molecule has 1 aliphatic rings. The van der Waals surface area contributed by atoms with Crippen molar-refractivity contribution < 1.29 is 31.8 Å². The molecule has 0 spiro atoms. The number of nitrogens with one attached hydrogen (secondary N) is 2. The summed E-state index contributed by atoms with van der Waals surface area (Å²) in [6, 6.07) is 8.44. The van der Waals surface area contributed by atoms with Crippen LogP contribution in [0, 0.1) is 5.82 Å². The van der Waals surface area contributed by atoms with Crippen LogP contribution in [-0.2, 0) is 11.3 Å². The fourth-order valence-corrected chi connectivity index (χ4v) is 3.22. The first-order chi connectivity index (χ1) is 15.3. The molecule has 1 fully saturated rings. The third-order valence-electron chi connectivity index (χ3n) is 4.83. The molecule has 7 nitrogen and oxygen atoms in total. The van der Waals surface area contributed by atoms with Gasteiger partial charge < -0.3 is 20.1 Å². The Balaban J connectivity index is 1.50. The Kier molecular flexibility index (Phi) is 8.23. The Hall–Kier alpha value is -2.92. The molecular formula is C21H24F4N4O3. The summed E-state index contributed by atoms with van der Waals surface area (Å²) in [5, 5.41) is 5.49. The van der Waals surface area contributed by atoms with E-state index in [-0.39, 0.29) is 24.3 Å². The molecule has 0 saturated carbocycles. The van der Waals surface area contributed by atoms with E-state index in [4.69, 9.17) is 4.74 Å². The predicted molar refractivity (Wildman–Crippen MR) is 108 cm³/mol. The van der Waals surface area contributed by atoms with Crippen molar-refractivity contribution in [3.8, 4) is 5.88 Å². The molecule has 11 heteroatoms. The molecule has 32 heavy (non-hydrogen) atoms. The van der Waals surface area contributed by atoms with E-state index in [1.165, 1.54) is 30.5 Å². The van der Waals surface area contributed by atoms with Crippen molar-refractivity contribution in [1.29, 1.82) is 0 Å². The van der Waals surface area contributed by atoms with Gasteiger partial charge in [0, 0.05) is 38.4 Å². The molecule has 0 bridgehead atoms. The minimum Gasteiger partial charge on any atom is -0.468 e. The molecule has 1 atom stereocenters. The number of rotatable bonds is 8. The van der Waals surface area contributed by atoms with E-state index in [2.05, 4.69) is 25.3 Å². The summed E-state index contributed by atoms with van der Waals surface area (Å²) >= 11 is 0. The largest absolute Gasteiger partial charge is 0.468 e. The van der Waals surface area contributed by atoms with Crippen LogP contribution >= 0.6 is 0 Å². The smallest absolute Gasteiger partial charge is 0.422 e. The van der Waals surface area contributed by atoms with Crippen LogP contribution in [-0.4, -0.2) is 61.5 Å². The highest BCUT2D eigenvalue weighted by molar-refractivity contribution is 5.73. The van der Waals surface area contributed by atoms with Gasteiger partial charge in [-0.2, -0.15) is 13.2 Å². The lowest BCUT2D eigenvalue weighted by atomic mass is 10.0. The molecule has 174 valence electrons. The number of urea groups is 1. The monoisotopic (exact) mass is 456 g/mol. The normalized spacial score (nSPS) is 15.8. The van der Waals surface area contributed by atoms with E-state index in [1.54, 1.807) is 12.1 Å². The van der Waals surface area contributed by atoms with Crippen LogP contribution in [0.1, 0.15) is 17.2 Å². The number of nitrogens with zero attached hydrogens (tertiary/aromatic N) is 2. The van der Waals surface area contributed by atoms with E-state index in [1.807, 2.05) is 0 Å². The van der Waals surface area contributed by atoms with Gasteiger partial charge >= 0.3 is 12.2 Å². The van der Waals surface area contributed by atoms with Crippen molar-refractivity contribution in [3.63, 3.8) is 0 Å². The third kappa shape index (κ3) is 7.65. The number of hydrogen-bond acceptors (Lipinski definition) is 5. The number of amides is 2. The van der Waals surface area contributed by atoms with Gasteiger partial charge in [-0.05, 0) is 23.3 Å². The van der Waals surface area contributed by atoms with Crippen molar-refractivity contribution in [2.45, 2.75) is 18.8 Å². The van der Waals surface area contributed by atoms with Gasteiger partial charge in [0.15, 0.2) is 6.61 Å². The average Bonchev–Trinajstić information content (AvgIpc) is 2.78. The number of ether oxygens (including phenoxy) is 2. The van der Waals surface area contributed by atoms with Crippen LogP contribution in [0.3, 0.4) is 0 Å². The summed E-state index contributed by atoms with van der Waals surface area (Å²) in [5.74, 6) is -0.480. The Morgan fingerprint density at radius 2 is 1.84 bits per heavy atom. The molecule has 1 saturated heterocycles. The van der Waals surface area contributed by atoms with E-state index >= 15 is 0 Å². The summed E-state index contributed by atoms with van der Waals surface area (Å²) in [5.41, 5.74) is 1.48. The number of morpholine rings is 1. The second kappa shape index (κ2) is 11.1. The molecule has 2 heterocycles. The van der Waals surface area contributed by atoms with E-state index in [9.17, 15) is 22.4 Å². The number of pyridine rings is 1. The second-order valence-electron chi connectivity index (χ2n) is 7.19. The van der Waals surface area contributed by atoms with Crippen LogP contribution in [0.4, 0.5) is 22.4 Å². The maximum absolute atomic E-state index is 13.3. The van der Waals surface area contributed by atoms with Crippen molar-refractivity contribution in [2.24, 2.45) is 0 Å². The number of aromatic nitrogens is 1. The zero-order valence-electron chi connectivity index (χ0n) is 17.2. The average molecular weight is 456 g/mol. The minimum atomic E-state index is -4.44. The Labute approximate surface area is 182 Å². The van der Waals surface area contributed by atoms with Gasteiger partial charge in [-0.25, -0.2) is 14.2 Å². The van der Waals surface area contributed by atoms with Crippen LogP contribution in [0.25, 0.3) is 0 Å². The van der Waals surface area contributed by atoms with Gasteiger partial charge in [-0.15, -0.1) is 0 Å². The number of carbonyl (C=O) groups is 1. The molecule has 1 unspecified atom stereocenters. The minimum absolute atomic E-state index is 0.136. The highest BCUT2D eigenvalue weighted by Gasteiger charge is 2.28. The van der Waals surface area contributed by atoms with Gasteiger partial charge in [-0.1, -0.05) is 18.2 Å². The van der Waals surface area contributed by atoms with E-state index < -0.39 is 18.8 Å². The number of hydrogen-bond donors (Lipinski definition) is 2. The SMILES string of the molecule is O=C(NCc1ccc(OCC(F)(F)F)nc1)NCC(c1ccc(F)cc1)N1CCOCC1. The zero-order valence-corrected chi connectivity index (χ0v) is 17.2. The Morgan fingerprint density at radius 1 is 1.12 bits per heavy atom. The summed E-state index contributed by atoms with van der Waals surface area (Å²) in [4.78, 5) is 18.2. The fourth-order valence-electron chi connectivity index (χ4n) is 3.22. The lowest BCUT2D eigenvalue weighted by molar-refractivity contribution is -0.154. The molecule has 2 aromatic rings.